The van der Waals surface area contributed by atoms with Crippen LogP contribution in [0.25, 0.3) is 18.1 Å². The summed E-state index contributed by atoms with van der Waals surface area (Å²) in [6.07, 6.45) is 7.65. The van der Waals surface area contributed by atoms with E-state index in [1.807, 2.05) is 37.3 Å². The number of aromatic carboxylic acids is 1. The minimum atomic E-state index is -1.24. The molecule has 1 unspecified atom stereocenters. The molecule has 2 aromatic heterocycles. The number of aryl methyl sites for hydroxylation is 2. The normalized spacial score (nSPS) is 14.2. The van der Waals surface area contributed by atoms with Gasteiger partial charge in [-0.2, -0.15) is 0 Å². The van der Waals surface area contributed by atoms with Gasteiger partial charge in [0.2, 0.25) is 5.95 Å². The van der Waals surface area contributed by atoms with Gasteiger partial charge in [-0.1, -0.05) is 61.0 Å². The van der Waals surface area contributed by atoms with Gasteiger partial charge < -0.3 is 5.11 Å². The Bertz CT molecular complexity index is 1630. The third-order valence-corrected chi connectivity index (χ3v) is 6.22. The first-order valence-electron chi connectivity index (χ1n) is 11.2. The second-order valence-corrected chi connectivity index (χ2v) is 8.48. The Morgan fingerprint density at radius 1 is 1.03 bits per heavy atom. The van der Waals surface area contributed by atoms with Gasteiger partial charge in [0.1, 0.15) is 0 Å². The molecule has 2 aromatic carbocycles. The number of hydrogen-bond acceptors (Lipinski definition) is 5. The maximum atomic E-state index is 13.2. The van der Waals surface area contributed by atoms with E-state index >= 15 is 0 Å². The number of carboxylic acids is 1. The number of carbonyl (C=O) groups is 1. The van der Waals surface area contributed by atoms with Crippen LogP contribution in [0, 0.1) is 6.92 Å². The second kappa shape index (κ2) is 8.64. The van der Waals surface area contributed by atoms with Gasteiger partial charge in [-0.25, -0.2) is 24.1 Å². The highest BCUT2D eigenvalue weighted by molar-refractivity contribution is 5.85. The van der Waals surface area contributed by atoms with E-state index in [-0.39, 0.29) is 11.6 Å². The summed E-state index contributed by atoms with van der Waals surface area (Å²) in [4.78, 5) is 47.7. The van der Waals surface area contributed by atoms with Crippen molar-refractivity contribution in [3.8, 4) is 5.95 Å². The lowest BCUT2D eigenvalue weighted by Gasteiger charge is -2.21. The van der Waals surface area contributed by atoms with Crippen molar-refractivity contribution in [2.24, 2.45) is 0 Å². The molecule has 0 bridgehead atoms. The van der Waals surface area contributed by atoms with E-state index in [1.165, 1.54) is 24.0 Å². The third-order valence-electron chi connectivity index (χ3n) is 6.22. The predicted octanol–water partition coefficient (Wildman–Crippen LogP) is 3.55. The average molecular weight is 466 g/mol. The largest absolute Gasteiger partial charge is 0.477 e. The minimum absolute atomic E-state index is 0.134. The fourth-order valence-corrected chi connectivity index (χ4v) is 4.46. The van der Waals surface area contributed by atoms with Crippen LogP contribution in [-0.4, -0.2) is 30.6 Å². The fraction of sp³-hybridized carbons (Fsp3) is 0.148. The molecule has 0 amide bonds. The van der Waals surface area contributed by atoms with Gasteiger partial charge in [-0.15, -0.1) is 0 Å². The lowest BCUT2D eigenvalue weighted by atomic mass is 9.82. The van der Waals surface area contributed by atoms with Crippen molar-refractivity contribution in [2.45, 2.75) is 26.2 Å². The van der Waals surface area contributed by atoms with Crippen LogP contribution in [0.2, 0.25) is 0 Å². The maximum Gasteiger partial charge on any atom is 0.354 e. The molecule has 8 heteroatoms. The summed E-state index contributed by atoms with van der Waals surface area (Å²) >= 11 is 0. The van der Waals surface area contributed by atoms with Gasteiger partial charge in [0.25, 0.3) is 5.56 Å². The van der Waals surface area contributed by atoms with Crippen molar-refractivity contribution in [2.75, 3.05) is 0 Å². The Morgan fingerprint density at radius 2 is 1.74 bits per heavy atom. The first-order chi connectivity index (χ1) is 16.9. The Hall–Kier alpha value is -4.59. The summed E-state index contributed by atoms with van der Waals surface area (Å²) in [7, 11) is 0. The number of rotatable bonds is 4. The molecule has 0 radical (unpaired) electrons. The van der Waals surface area contributed by atoms with Gasteiger partial charge in [0, 0.05) is 23.9 Å². The maximum absolute atomic E-state index is 13.2. The van der Waals surface area contributed by atoms with Crippen molar-refractivity contribution >= 4 is 18.1 Å². The summed E-state index contributed by atoms with van der Waals surface area (Å²) < 4.78 is 1.08. The molecule has 35 heavy (non-hydrogen) atoms. The molecule has 0 fully saturated rings. The van der Waals surface area contributed by atoms with Crippen LogP contribution in [0.1, 0.15) is 62.3 Å². The zero-order valence-corrected chi connectivity index (χ0v) is 19.1. The summed E-state index contributed by atoms with van der Waals surface area (Å²) in [5.41, 5.74) is 4.87. The standard InChI is InChI=1S/C27H22N4O4/c1-3-16-5-9-20-18(13-16)7-6-17-12-15(2)4-8-19(17)23(20)21-14-31(27(35)30-24(21)32)26-28-11-10-22(29-26)25(33)34/h4-14,23H,3H2,1-2H3,(H,33,34)(H,30,32,35). The van der Waals surface area contributed by atoms with Crippen molar-refractivity contribution in [3.05, 3.63) is 120 Å². The number of benzene rings is 2. The molecule has 174 valence electrons. The molecule has 0 spiro atoms. The minimum Gasteiger partial charge on any atom is -0.477 e. The molecule has 2 N–H and O–H groups in total. The van der Waals surface area contributed by atoms with Gasteiger partial charge in [0.15, 0.2) is 5.69 Å². The van der Waals surface area contributed by atoms with Crippen molar-refractivity contribution in [3.63, 3.8) is 0 Å². The summed E-state index contributed by atoms with van der Waals surface area (Å²) in [6, 6.07) is 13.5. The molecule has 2 heterocycles. The number of nitrogens with zero attached hydrogens (tertiary/aromatic N) is 3. The average Bonchev–Trinajstić information content (AvgIpc) is 3.00. The third kappa shape index (κ3) is 3.99. The van der Waals surface area contributed by atoms with E-state index in [4.69, 9.17) is 0 Å². The first kappa shape index (κ1) is 22.2. The number of H-pyrrole nitrogens is 1. The fourth-order valence-electron chi connectivity index (χ4n) is 4.46. The first-order valence-corrected chi connectivity index (χ1v) is 11.2. The van der Waals surface area contributed by atoms with Crippen molar-refractivity contribution in [1.82, 2.24) is 19.5 Å². The van der Waals surface area contributed by atoms with Crippen LogP contribution in [0.4, 0.5) is 0 Å². The second-order valence-electron chi connectivity index (χ2n) is 8.48. The summed E-state index contributed by atoms with van der Waals surface area (Å²) in [6.45, 7) is 4.10. The van der Waals surface area contributed by atoms with Gasteiger partial charge in [-0.3, -0.25) is 9.78 Å². The molecule has 0 saturated carbocycles. The van der Waals surface area contributed by atoms with Gasteiger partial charge >= 0.3 is 11.7 Å². The number of hydrogen-bond donors (Lipinski definition) is 2. The SMILES string of the molecule is CCc1ccc2c(c1)C=Cc1cc(C)ccc1C2c1cn(-c2nccc(C(=O)O)n2)c(=O)[nH]c1=O. The molecule has 1 aliphatic carbocycles. The van der Waals surface area contributed by atoms with Crippen LogP contribution in [0.5, 0.6) is 0 Å². The van der Waals surface area contributed by atoms with Crippen LogP contribution >= 0.6 is 0 Å². The number of nitrogens with one attached hydrogen (secondary N) is 1. The highest BCUT2D eigenvalue weighted by Gasteiger charge is 2.27. The molecular formula is C27H22N4O4. The Morgan fingerprint density at radius 3 is 2.46 bits per heavy atom. The Labute approximate surface area is 200 Å². The van der Waals surface area contributed by atoms with E-state index in [0.717, 1.165) is 38.8 Å². The van der Waals surface area contributed by atoms with Crippen LogP contribution in [-0.2, 0) is 6.42 Å². The van der Waals surface area contributed by atoms with E-state index in [9.17, 15) is 19.5 Å². The Balaban J connectivity index is 1.78. The number of aromatic nitrogens is 4. The molecule has 8 nitrogen and oxygen atoms in total. The monoisotopic (exact) mass is 466 g/mol. The van der Waals surface area contributed by atoms with Gasteiger partial charge in [-0.05, 0) is 47.2 Å². The Kier molecular flexibility index (Phi) is 5.49. The van der Waals surface area contributed by atoms with Gasteiger partial charge in [0.05, 0.1) is 0 Å². The molecule has 1 aliphatic rings. The quantitative estimate of drug-likeness (QED) is 0.418. The summed E-state index contributed by atoms with van der Waals surface area (Å²) in [5.74, 6) is -1.85. The molecule has 4 aromatic rings. The van der Waals surface area contributed by atoms with Crippen molar-refractivity contribution < 1.29 is 9.90 Å². The predicted molar refractivity (Wildman–Crippen MR) is 132 cm³/mol. The van der Waals surface area contributed by atoms with Crippen molar-refractivity contribution in [1.29, 1.82) is 0 Å². The molecule has 0 aliphatic heterocycles. The van der Waals surface area contributed by atoms with E-state index < -0.39 is 23.1 Å². The lowest BCUT2D eigenvalue weighted by Crippen LogP contribution is -2.33. The molecule has 5 rings (SSSR count). The topological polar surface area (TPSA) is 118 Å². The van der Waals surface area contributed by atoms with E-state index in [2.05, 4.69) is 40.1 Å². The molecule has 1 atom stereocenters. The van der Waals surface area contributed by atoms with E-state index in [0.29, 0.717) is 5.56 Å². The molecular weight excluding hydrogens is 444 g/mol. The zero-order valence-electron chi connectivity index (χ0n) is 19.1. The summed E-state index contributed by atoms with van der Waals surface area (Å²) in [5, 5.41) is 9.30. The molecule has 0 saturated heterocycles. The highest BCUT2D eigenvalue weighted by atomic mass is 16.4. The highest BCUT2D eigenvalue weighted by Crippen LogP contribution is 2.38. The number of fused-ring (bicyclic) bond motifs is 2. The van der Waals surface area contributed by atoms with Crippen LogP contribution in [0.3, 0.4) is 0 Å². The number of carboxylic acid groups (broad SMARTS) is 1. The lowest BCUT2D eigenvalue weighted by molar-refractivity contribution is 0.0690. The number of aromatic amines is 1. The van der Waals surface area contributed by atoms with Crippen LogP contribution in [0.15, 0.2) is 64.4 Å². The van der Waals surface area contributed by atoms with E-state index in [1.54, 1.807) is 0 Å². The zero-order chi connectivity index (χ0) is 24.7. The smallest absolute Gasteiger partial charge is 0.354 e. The van der Waals surface area contributed by atoms with Crippen LogP contribution < -0.4 is 11.2 Å².